The fourth-order valence-corrected chi connectivity index (χ4v) is 4.25. The quantitative estimate of drug-likeness (QED) is 0.828. The lowest BCUT2D eigenvalue weighted by atomic mass is 10.0. The van der Waals surface area contributed by atoms with Gasteiger partial charge in [-0.15, -0.1) is 11.3 Å². The van der Waals surface area contributed by atoms with Gasteiger partial charge in [0.05, 0.1) is 18.8 Å². The van der Waals surface area contributed by atoms with E-state index in [1.807, 2.05) is 18.7 Å². The maximum absolute atomic E-state index is 12.8. The van der Waals surface area contributed by atoms with Crippen molar-refractivity contribution in [1.82, 2.24) is 9.88 Å². The molecule has 0 spiro atoms. The first-order valence-electron chi connectivity index (χ1n) is 8.61. The largest absolute Gasteiger partial charge is 0.376 e. The van der Waals surface area contributed by atoms with E-state index in [9.17, 15) is 4.79 Å². The predicted molar refractivity (Wildman–Crippen MR) is 89.5 cm³/mol. The maximum atomic E-state index is 12.8. The molecule has 128 valence electrons. The number of piperidine rings is 1. The lowest BCUT2D eigenvalue weighted by Crippen LogP contribution is -2.44. The first-order valence-corrected chi connectivity index (χ1v) is 9.49. The number of hydrogen-bond donors (Lipinski definition) is 0. The van der Waals surface area contributed by atoms with Crippen molar-refractivity contribution in [2.45, 2.75) is 64.2 Å². The number of carbonyl (C=O) groups is 1. The Morgan fingerprint density at radius 3 is 3.04 bits per heavy atom. The van der Waals surface area contributed by atoms with Crippen molar-refractivity contribution in [1.29, 1.82) is 0 Å². The summed E-state index contributed by atoms with van der Waals surface area (Å²) >= 11 is 1.66. The Balaban J connectivity index is 1.60. The maximum Gasteiger partial charge on any atom is 0.252 e. The average Bonchev–Trinajstić information content (AvgIpc) is 3.23. The Morgan fingerprint density at radius 1 is 1.48 bits per heavy atom. The minimum Gasteiger partial charge on any atom is -0.376 e. The molecule has 1 aromatic rings. The van der Waals surface area contributed by atoms with Crippen LogP contribution < -0.4 is 0 Å². The first-order chi connectivity index (χ1) is 11.1. The number of thiazole rings is 1. The first kappa shape index (κ1) is 16.9. The van der Waals surface area contributed by atoms with E-state index in [0.717, 1.165) is 56.0 Å². The minimum absolute atomic E-state index is 0.0838. The van der Waals surface area contributed by atoms with Crippen molar-refractivity contribution < 1.29 is 14.3 Å². The van der Waals surface area contributed by atoms with Crippen molar-refractivity contribution in [3.8, 4) is 0 Å². The second-order valence-corrected chi connectivity index (χ2v) is 7.37. The van der Waals surface area contributed by atoms with E-state index >= 15 is 0 Å². The molecule has 23 heavy (non-hydrogen) atoms. The topological polar surface area (TPSA) is 51.7 Å². The molecule has 2 fully saturated rings. The molecule has 6 heteroatoms. The van der Waals surface area contributed by atoms with Gasteiger partial charge in [-0.25, -0.2) is 4.98 Å². The average molecular weight is 338 g/mol. The molecule has 2 aliphatic rings. The summed E-state index contributed by atoms with van der Waals surface area (Å²) in [6.07, 6.45) is 5.07. The number of aromatic nitrogens is 1. The van der Waals surface area contributed by atoms with Gasteiger partial charge in [-0.3, -0.25) is 4.79 Å². The van der Waals surface area contributed by atoms with Gasteiger partial charge in [0.25, 0.3) is 5.91 Å². The highest BCUT2D eigenvalue weighted by atomic mass is 32.1. The van der Waals surface area contributed by atoms with Crippen LogP contribution in [0.4, 0.5) is 0 Å². The highest BCUT2D eigenvalue weighted by molar-refractivity contribution is 7.09. The number of nitrogens with zero attached hydrogens (tertiary/aromatic N) is 2. The van der Waals surface area contributed by atoms with Crippen LogP contribution in [-0.2, 0) is 14.3 Å². The van der Waals surface area contributed by atoms with Gasteiger partial charge in [0.15, 0.2) is 0 Å². The van der Waals surface area contributed by atoms with Gasteiger partial charge in [0.2, 0.25) is 0 Å². The second-order valence-electron chi connectivity index (χ2n) is 6.48. The SMILES string of the molecule is Cc1csc([C@@H]2CCCCN2C(=O)[C@H](C)OC[C@H]2CCCO2)n1. The Bertz CT molecular complexity index is 528. The van der Waals surface area contributed by atoms with E-state index in [0.29, 0.717) is 6.61 Å². The highest BCUT2D eigenvalue weighted by Gasteiger charge is 2.33. The van der Waals surface area contributed by atoms with E-state index in [-0.39, 0.29) is 18.1 Å². The number of hydrogen-bond acceptors (Lipinski definition) is 5. The normalized spacial score (nSPS) is 26.4. The third-order valence-electron chi connectivity index (χ3n) is 4.61. The Kier molecular flexibility index (Phi) is 5.67. The Labute approximate surface area is 142 Å². The zero-order valence-corrected chi connectivity index (χ0v) is 14.8. The molecule has 2 saturated heterocycles. The van der Waals surface area contributed by atoms with Crippen LogP contribution in [0.1, 0.15) is 55.8 Å². The van der Waals surface area contributed by atoms with Gasteiger partial charge in [-0.1, -0.05) is 0 Å². The van der Waals surface area contributed by atoms with E-state index in [4.69, 9.17) is 9.47 Å². The summed E-state index contributed by atoms with van der Waals surface area (Å²) in [4.78, 5) is 19.4. The molecule has 3 heterocycles. The summed E-state index contributed by atoms with van der Waals surface area (Å²) in [5.74, 6) is 0.0838. The molecule has 3 rings (SSSR count). The van der Waals surface area contributed by atoms with Gasteiger partial charge in [0, 0.05) is 24.2 Å². The lowest BCUT2D eigenvalue weighted by Gasteiger charge is -2.36. The summed E-state index contributed by atoms with van der Waals surface area (Å²) in [6, 6.07) is 0.115. The number of likely N-dealkylation sites (tertiary alicyclic amines) is 1. The number of amides is 1. The highest BCUT2D eigenvalue weighted by Crippen LogP contribution is 2.33. The number of ether oxygens (including phenoxy) is 2. The fourth-order valence-electron chi connectivity index (χ4n) is 3.31. The van der Waals surface area contributed by atoms with E-state index in [1.54, 1.807) is 11.3 Å². The predicted octanol–water partition coefficient (Wildman–Crippen LogP) is 3.09. The zero-order chi connectivity index (χ0) is 16.2. The molecule has 1 aromatic heterocycles. The smallest absolute Gasteiger partial charge is 0.252 e. The fraction of sp³-hybridized carbons (Fsp3) is 0.765. The van der Waals surface area contributed by atoms with Crippen LogP contribution in [0, 0.1) is 6.92 Å². The summed E-state index contributed by atoms with van der Waals surface area (Å²) in [6.45, 7) is 5.99. The molecule has 0 unspecified atom stereocenters. The van der Waals surface area contributed by atoms with Crippen molar-refractivity contribution >= 4 is 17.2 Å². The van der Waals surface area contributed by atoms with Gasteiger partial charge in [-0.05, 0) is 46.0 Å². The van der Waals surface area contributed by atoms with Crippen molar-refractivity contribution in [3.05, 3.63) is 16.1 Å². The van der Waals surface area contributed by atoms with Crippen molar-refractivity contribution in [2.24, 2.45) is 0 Å². The molecule has 0 radical (unpaired) electrons. The van der Waals surface area contributed by atoms with Crippen LogP contribution >= 0.6 is 11.3 Å². The minimum atomic E-state index is -0.416. The van der Waals surface area contributed by atoms with Crippen LogP contribution in [-0.4, -0.2) is 47.8 Å². The Hall–Kier alpha value is -0.980. The van der Waals surface area contributed by atoms with E-state index in [2.05, 4.69) is 10.4 Å². The molecule has 0 N–H and O–H groups in total. The standard InChI is InChI=1S/C17H26N2O3S/c1-12-11-23-16(18-12)15-7-3-4-8-19(15)17(20)13(2)22-10-14-6-5-9-21-14/h11,13-15H,3-10H2,1-2H3/t13-,14+,15-/m0/s1. The zero-order valence-electron chi connectivity index (χ0n) is 14.0. The van der Waals surface area contributed by atoms with Crippen molar-refractivity contribution in [3.63, 3.8) is 0 Å². The van der Waals surface area contributed by atoms with Crippen LogP contribution in [0.2, 0.25) is 0 Å². The molecular weight excluding hydrogens is 312 g/mol. The van der Waals surface area contributed by atoms with Crippen LogP contribution in [0.3, 0.4) is 0 Å². The number of carbonyl (C=O) groups excluding carboxylic acids is 1. The van der Waals surface area contributed by atoms with E-state index in [1.165, 1.54) is 0 Å². The van der Waals surface area contributed by atoms with Gasteiger partial charge >= 0.3 is 0 Å². The van der Waals surface area contributed by atoms with E-state index < -0.39 is 6.10 Å². The third-order valence-corrected chi connectivity index (χ3v) is 5.68. The number of rotatable bonds is 5. The summed E-state index contributed by atoms with van der Waals surface area (Å²) in [5, 5.41) is 3.12. The molecular formula is C17H26N2O3S. The molecule has 1 amide bonds. The molecule has 0 aliphatic carbocycles. The monoisotopic (exact) mass is 338 g/mol. The lowest BCUT2D eigenvalue weighted by molar-refractivity contribution is -0.148. The van der Waals surface area contributed by atoms with Crippen LogP contribution in [0.15, 0.2) is 5.38 Å². The summed E-state index contributed by atoms with van der Waals surface area (Å²) < 4.78 is 11.4. The van der Waals surface area contributed by atoms with Gasteiger partial charge < -0.3 is 14.4 Å². The molecule has 0 aromatic carbocycles. The molecule has 0 saturated carbocycles. The molecule has 5 nitrogen and oxygen atoms in total. The molecule has 0 bridgehead atoms. The van der Waals surface area contributed by atoms with Crippen LogP contribution in [0.25, 0.3) is 0 Å². The summed E-state index contributed by atoms with van der Waals surface area (Å²) in [7, 11) is 0. The molecule has 3 atom stereocenters. The Morgan fingerprint density at radius 2 is 2.35 bits per heavy atom. The third kappa shape index (κ3) is 4.11. The molecule has 2 aliphatic heterocycles. The summed E-state index contributed by atoms with van der Waals surface area (Å²) in [5.41, 5.74) is 1.03. The van der Waals surface area contributed by atoms with Gasteiger partial charge in [0.1, 0.15) is 11.1 Å². The van der Waals surface area contributed by atoms with Crippen molar-refractivity contribution in [2.75, 3.05) is 19.8 Å². The van der Waals surface area contributed by atoms with Crippen LogP contribution in [0.5, 0.6) is 0 Å². The number of aryl methyl sites for hydroxylation is 1. The second kappa shape index (κ2) is 7.73. The van der Waals surface area contributed by atoms with Gasteiger partial charge in [-0.2, -0.15) is 0 Å².